The molecule has 76 valence electrons. The van der Waals surface area contributed by atoms with E-state index in [2.05, 4.69) is 14.8 Å². The summed E-state index contributed by atoms with van der Waals surface area (Å²) in [7, 11) is 0. The molecule has 0 rings (SSSR count). The molecule has 0 aliphatic heterocycles. The van der Waals surface area contributed by atoms with Gasteiger partial charge in [0.1, 0.15) is 0 Å². The summed E-state index contributed by atoms with van der Waals surface area (Å²) in [5.41, 5.74) is 0. The topological polar surface area (TPSA) is 64.6 Å². The minimum absolute atomic E-state index is 0.210. The van der Waals surface area contributed by atoms with E-state index in [0.717, 1.165) is 0 Å². The first kappa shape index (κ1) is 11.7. The van der Waals surface area contributed by atoms with Crippen LogP contribution in [0.2, 0.25) is 0 Å². The van der Waals surface area contributed by atoms with Crippen LogP contribution in [-0.2, 0) is 14.3 Å². The third-order valence-electron chi connectivity index (χ3n) is 1.18. The fourth-order valence-corrected chi connectivity index (χ4v) is 0.503. The third kappa shape index (κ3) is 5.95. The van der Waals surface area contributed by atoms with Crippen LogP contribution >= 0.6 is 0 Å². The second-order valence-electron chi connectivity index (χ2n) is 2.70. The lowest BCUT2D eigenvalue weighted by Gasteiger charge is -2.07. The Morgan fingerprint density at radius 1 is 1.31 bits per heavy atom. The lowest BCUT2D eigenvalue weighted by molar-refractivity contribution is -0.155. The van der Waals surface area contributed by atoms with Crippen LogP contribution < -0.4 is 5.32 Å². The summed E-state index contributed by atoms with van der Waals surface area (Å²) in [6, 6.07) is 0. The molecule has 0 saturated heterocycles. The van der Waals surface area contributed by atoms with Gasteiger partial charge in [-0.3, -0.25) is 4.79 Å². The van der Waals surface area contributed by atoms with Crippen molar-refractivity contribution in [3.05, 3.63) is 0 Å². The van der Waals surface area contributed by atoms with Crippen molar-refractivity contribution in [1.29, 1.82) is 0 Å². The molecule has 5 heteroatoms. The highest BCUT2D eigenvalue weighted by molar-refractivity contribution is 5.71. The second-order valence-corrected chi connectivity index (χ2v) is 2.70. The Labute approximate surface area is 77.4 Å². The lowest BCUT2D eigenvalue weighted by Crippen LogP contribution is -2.25. The van der Waals surface area contributed by atoms with Crippen LogP contribution in [0.3, 0.4) is 0 Å². The summed E-state index contributed by atoms with van der Waals surface area (Å²) < 4.78 is 9.11. The third-order valence-corrected chi connectivity index (χ3v) is 1.18. The number of carbonyl (C=O) groups is 2. The van der Waals surface area contributed by atoms with E-state index < -0.39 is 6.09 Å². The Morgan fingerprint density at radius 2 is 1.92 bits per heavy atom. The van der Waals surface area contributed by atoms with E-state index in [1.807, 2.05) is 0 Å². The number of rotatable bonds is 4. The van der Waals surface area contributed by atoms with E-state index >= 15 is 0 Å². The molecule has 13 heavy (non-hydrogen) atoms. The quantitative estimate of drug-likeness (QED) is 0.527. The maximum Gasteiger partial charge on any atom is 0.410 e. The number of alkyl carbamates (subject to hydrolysis) is 1. The first-order chi connectivity index (χ1) is 6.07. The summed E-state index contributed by atoms with van der Waals surface area (Å²) in [5, 5.41) is 2.40. The zero-order valence-electron chi connectivity index (χ0n) is 8.12. The molecule has 1 amide bonds. The first-order valence-electron chi connectivity index (χ1n) is 4.15. The lowest BCUT2D eigenvalue weighted by atomic mass is 10.2. The van der Waals surface area contributed by atoms with Crippen molar-refractivity contribution in [3.8, 4) is 0 Å². The highest BCUT2D eigenvalue weighted by Crippen LogP contribution is 1.95. The Hall–Kier alpha value is -1.26. The smallest absolute Gasteiger partial charge is 0.410 e. The molecule has 0 spiro atoms. The van der Waals surface area contributed by atoms with Gasteiger partial charge in [0, 0.05) is 6.54 Å². The number of ether oxygens (including phenoxy) is 2. The van der Waals surface area contributed by atoms with Crippen LogP contribution in [0.25, 0.3) is 0 Å². The number of carbonyl (C=O) groups excluding carboxylic acids is 2. The van der Waals surface area contributed by atoms with Crippen molar-refractivity contribution in [2.24, 2.45) is 5.92 Å². The van der Waals surface area contributed by atoms with Crippen molar-refractivity contribution in [1.82, 2.24) is 5.32 Å². The molecule has 0 aromatic rings. The minimum atomic E-state index is -0.584. The van der Waals surface area contributed by atoms with Crippen LogP contribution in [-0.4, -0.2) is 25.4 Å². The monoisotopic (exact) mass is 189 g/mol. The van der Waals surface area contributed by atoms with Gasteiger partial charge in [0.2, 0.25) is 6.79 Å². The Balaban J connectivity index is 3.45. The van der Waals surface area contributed by atoms with E-state index in [1.54, 1.807) is 20.8 Å². The molecule has 0 bridgehead atoms. The molecule has 5 nitrogen and oxygen atoms in total. The zero-order chi connectivity index (χ0) is 10.3. The highest BCUT2D eigenvalue weighted by atomic mass is 16.7. The Bertz CT molecular complexity index is 179. The molecular formula is C8H15NO4. The second kappa shape index (κ2) is 6.28. The molecule has 0 aliphatic carbocycles. The number of hydrogen-bond acceptors (Lipinski definition) is 4. The van der Waals surface area contributed by atoms with Crippen LogP contribution in [0.4, 0.5) is 4.79 Å². The van der Waals surface area contributed by atoms with Crippen LogP contribution in [0.5, 0.6) is 0 Å². The van der Waals surface area contributed by atoms with E-state index in [1.165, 1.54) is 0 Å². The number of esters is 1. The van der Waals surface area contributed by atoms with Gasteiger partial charge >= 0.3 is 12.1 Å². The van der Waals surface area contributed by atoms with Crippen molar-refractivity contribution >= 4 is 12.1 Å². The summed E-state index contributed by atoms with van der Waals surface area (Å²) >= 11 is 0. The molecule has 0 aromatic carbocycles. The molecule has 0 radical (unpaired) electrons. The number of amides is 1. The normalized spacial score (nSPS) is 9.54. The highest BCUT2D eigenvalue weighted by Gasteiger charge is 2.08. The molecule has 0 unspecified atom stereocenters. The van der Waals surface area contributed by atoms with Crippen LogP contribution in [0.1, 0.15) is 20.8 Å². The predicted octanol–water partition coefficient (Wildman–Crippen LogP) is 0.889. The van der Waals surface area contributed by atoms with E-state index in [0.29, 0.717) is 6.54 Å². The van der Waals surface area contributed by atoms with Gasteiger partial charge in [-0.1, -0.05) is 13.8 Å². The zero-order valence-corrected chi connectivity index (χ0v) is 8.12. The SMILES string of the molecule is CCNC(=O)OCOC(=O)C(C)C. The van der Waals surface area contributed by atoms with E-state index in [4.69, 9.17) is 0 Å². The molecule has 0 aromatic heterocycles. The van der Waals surface area contributed by atoms with Gasteiger partial charge in [0.25, 0.3) is 0 Å². The molecule has 0 aliphatic rings. The largest absolute Gasteiger partial charge is 0.428 e. The molecule has 0 saturated carbocycles. The van der Waals surface area contributed by atoms with Gasteiger partial charge in [-0.15, -0.1) is 0 Å². The number of hydrogen-bond donors (Lipinski definition) is 1. The maximum atomic E-state index is 10.8. The summed E-state index contributed by atoms with van der Waals surface area (Å²) in [6.45, 7) is 5.32. The van der Waals surface area contributed by atoms with E-state index in [9.17, 15) is 9.59 Å². The summed E-state index contributed by atoms with van der Waals surface area (Å²) in [5.74, 6) is -0.595. The first-order valence-corrected chi connectivity index (χ1v) is 4.15. The van der Waals surface area contributed by atoms with Gasteiger partial charge in [-0.05, 0) is 6.92 Å². The van der Waals surface area contributed by atoms with Crippen molar-refractivity contribution in [2.45, 2.75) is 20.8 Å². The van der Waals surface area contributed by atoms with Crippen LogP contribution in [0, 0.1) is 5.92 Å². The molecular weight excluding hydrogens is 174 g/mol. The molecule has 1 N–H and O–H groups in total. The predicted molar refractivity (Wildman–Crippen MR) is 46.0 cm³/mol. The van der Waals surface area contributed by atoms with Crippen LogP contribution in [0.15, 0.2) is 0 Å². The maximum absolute atomic E-state index is 10.8. The minimum Gasteiger partial charge on any atom is -0.428 e. The van der Waals surface area contributed by atoms with Crippen molar-refractivity contribution in [2.75, 3.05) is 13.3 Å². The molecule has 0 fully saturated rings. The molecule has 0 atom stereocenters. The average Bonchev–Trinajstić information content (AvgIpc) is 2.04. The Morgan fingerprint density at radius 3 is 2.38 bits per heavy atom. The summed E-state index contributed by atoms with van der Waals surface area (Å²) in [4.78, 5) is 21.5. The Kier molecular flexibility index (Phi) is 5.67. The van der Waals surface area contributed by atoms with E-state index in [-0.39, 0.29) is 18.7 Å². The average molecular weight is 189 g/mol. The standard InChI is InChI=1S/C8H15NO4/c1-4-9-8(11)13-5-12-7(10)6(2)3/h6H,4-5H2,1-3H3,(H,9,11). The fourth-order valence-electron chi connectivity index (χ4n) is 0.503. The van der Waals surface area contributed by atoms with Gasteiger partial charge in [0.15, 0.2) is 0 Å². The fraction of sp³-hybridized carbons (Fsp3) is 0.750. The van der Waals surface area contributed by atoms with Gasteiger partial charge < -0.3 is 14.8 Å². The number of nitrogens with one attached hydrogen (secondary N) is 1. The van der Waals surface area contributed by atoms with Gasteiger partial charge in [-0.2, -0.15) is 0 Å². The summed E-state index contributed by atoms with van der Waals surface area (Å²) in [6.07, 6.45) is -0.584. The van der Waals surface area contributed by atoms with Gasteiger partial charge in [-0.25, -0.2) is 4.79 Å². The molecule has 0 heterocycles. The van der Waals surface area contributed by atoms with Crippen molar-refractivity contribution < 1.29 is 19.1 Å². The van der Waals surface area contributed by atoms with Crippen molar-refractivity contribution in [3.63, 3.8) is 0 Å². The van der Waals surface area contributed by atoms with Gasteiger partial charge in [0.05, 0.1) is 5.92 Å².